The van der Waals surface area contributed by atoms with Gasteiger partial charge in [-0.3, -0.25) is 19.3 Å². The molecular weight excluding hydrogens is 376 g/mol. The van der Waals surface area contributed by atoms with Gasteiger partial charge in [0.1, 0.15) is 5.84 Å². The molecule has 2 N–H and O–H groups in total. The first-order valence-corrected chi connectivity index (χ1v) is 10.8. The van der Waals surface area contributed by atoms with Crippen molar-refractivity contribution < 1.29 is 18.0 Å². The summed E-state index contributed by atoms with van der Waals surface area (Å²) in [7, 11) is -3.72. The Labute approximate surface area is 156 Å². The lowest BCUT2D eigenvalue weighted by Gasteiger charge is -2.14. The number of sulfonamides is 1. The second-order valence-corrected chi connectivity index (χ2v) is 8.69. The van der Waals surface area contributed by atoms with E-state index in [4.69, 9.17) is 0 Å². The van der Waals surface area contributed by atoms with E-state index in [1.807, 2.05) is 0 Å². The van der Waals surface area contributed by atoms with Crippen LogP contribution in [0.4, 0.5) is 10.5 Å². The molecule has 0 aromatic heterocycles. The van der Waals surface area contributed by atoms with Crippen LogP contribution in [0.25, 0.3) is 0 Å². The minimum absolute atomic E-state index is 0.00760. The third kappa shape index (κ3) is 4.76. The van der Waals surface area contributed by atoms with Gasteiger partial charge in [-0.2, -0.15) is 0 Å². The summed E-state index contributed by atoms with van der Waals surface area (Å²) in [6.45, 7) is 1.64. The Hall–Kier alpha value is -2.07. The van der Waals surface area contributed by atoms with E-state index >= 15 is 0 Å². The van der Waals surface area contributed by atoms with Crippen LogP contribution in [0.2, 0.25) is 0 Å². The minimum Gasteiger partial charge on any atom is -0.332 e. The second-order valence-electron chi connectivity index (χ2n) is 5.96. The SMILES string of the molecule is O=C(CCN1CCSC1=O)Nc1cccc(S(=O)(=O)NC2=NCCC2)c1. The van der Waals surface area contributed by atoms with E-state index in [1.165, 1.54) is 23.9 Å². The normalized spacial score (nSPS) is 17.3. The number of nitrogens with zero attached hydrogens (tertiary/aromatic N) is 2. The van der Waals surface area contributed by atoms with Crippen LogP contribution in [0.15, 0.2) is 34.2 Å². The van der Waals surface area contributed by atoms with E-state index in [1.54, 1.807) is 17.0 Å². The van der Waals surface area contributed by atoms with Gasteiger partial charge in [-0.25, -0.2) is 8.42 Å². The van der Waals surface area contributed by atoms with E-state index in [0.717, 1.165) is 12.2 Å². The highest BCUT2D eigenvalue weighted by atomic mass is 32.2. The number of benzene rings is 1. The third-order valence-corrected chi connectivity index (χ3v) is 6.28. The lowest BCUT2D eigenvalue weighted by molar-refractivity contribution is -0.116. The standard InChI is InChI=1S/C16H20N4O4S2/c21-15(6-8-20-9-10-25-16(20)22)18-12-3-1-4-13(11-12)26(23,24)19-14-5-2-7-17-14/h1,3-4,11H,2,5-10H2,(H,17,19)(H,18,21). The van der Waals surface area contributed by atoms with Gasteiger partial charge >= 0.3 is 0 Å². The topological polar surface area (TPSA) is 108 Å². The van der Waals surface area contributed by atoms with E-state index in [-0.39, 0.29) is 22.5 Å². The Morgan fingerprint density at radius 2 is 2.19 bits per heavy atom. The lowest BCUT2D eigenvalue weighted by atomic mass is 10.3. The summed E-state index contributed by atoms with van der Waals surface area (Å²) in [5.41, 5.74) is 0.397. The molecule has 0 unspecified atom stereocenters. The molecule has 0 aliphatic carbocycles. The van der Waals surface area contributed by atoms with Gasteiger partial charge in [0.25, 0.3) is 15.3 Å². The first-order chi connectivity index (χ1) is 12.4. The number of thioether (sulfide) groups is 1. The molecule has 2 amide bonds. The predicted octanol–water partition coefficient (Wildman–Crippen LogP) is 1.65. The first-order valence-electron chi connectivity index (χ1n) is 8.32. The summed E-state index contributed by atoms with van der Waals surface area (Å²) >= 11 is 1.25. The Morgan fingerprint density at radius 3 is 2.88 bits per heavy atom. The summed E-state index contributed by atoms with van der Waals surface area (Å²) in [5.74, 6) is 0.948. The zero-order chi connectivity index (χ0) is 18.6. The molecule has 8 nitrogen and oxygen atoms in total. The van der Waals surface area contributed by atoms with Crippen molar-refractivity contribution in [2.45, 2.75) is 24.2 Å². The molecule has 0 spiro atoms. The predicted molar refractivity (Wildman–Crippen MR) is 101 cm³/mol. The average molecular weight is 396 g/mol. The molecule has 2 heterocycles. The number of aliphatic imine (C=N–C) groups is 1. The van der Waals surface area contributed by atoms with Gasteiger partial charge in [0.2, 0.25) is 5.91 Å². The van der Waals surface area contributed by atoms with Crippen molar-refractivity contribution in [1.82, 2.24) is 9.62 Å². The van der Waals surface area contributed by atoms with E-state index in [2.05, 4.69) is 15.0 Å². The van der Waals surface area contributed by atoms with Crippen molar-refractivity contribution in [3.8, 4) is 0 Å². The van der Waals surface area contributed by atoms with Crippen LogP contribution >= 0.6 is 11.8 Å². The van der Waals surface area contributed by atoms with Crippen LogP contribution < -0.4 is 10.0 Å². The fraction of sp³-hybridized carbons (Fsp3) is 0.438. The molecule has 140 valence electrons. The molecule has 1 fully saturated rings. The van der Waals surface area contributed by atoms with Gasteiger partial charge in [0.05, 0.1) is 4.90 Å². The van der Waals surface area contributed by atoms with Crippen molar-refractivity contribution in [2.75, 3.05) is 30.7 Å². The zero-order valence-electron chi connectivity index (χ0n) is 14.1. The smallest absolute Gasteiger partial charge is 0.281 e. The summed E-state index contributed by atoms with van der Waals surface area (Å²) in [5, 5.41) is 2.67. The molecule has 0 saturated carbocycles. The van der Waals surface area contributed by atoms with Crippen LogP contribution in [0.3, 0.4) is 0 Å². The summed E-state index contributed by atoms with van der Waals surface area (Å²) < 4.78 is 27.3. The molecule has 0 bridgehead atoms. The maximum Gasteiger partial charge on any atom is 0.281 e. The highest BCUT2D eigenvalue weighted by molar-refractivity contribution is 8.13. The zero-order valence-corrected chi connectivity index (χ0v) is 15.7. The first kappa shape index (κ1) is 18.7. The van der Waals surface area contributed by atoms with Crippen LogP contribution in [0, 0.1) is 0 Å². The number of carbonyl (C=O) groups excluding carboxylic acids is 2. The molecule has 1 aromatic carbocycles. The summed E-state index contributed by atoms with van der Waals surface area (Å²) in [6.07, 6.45) is 1.62. The Balaban J connectivity index is 1.59. The molecule has 1 saturated heterocycles. The number of hydrogen-bond donors (Lipinski definition) is 2. The van der Waals surface area contributed by atoms with Crippen molar-refractivity contribution >= 4 is 44.5 Å². The van der Waals surface area contributed by atoms with Gasteiger partial charge in [0, 0.05) is 43.9 Å². The Kier molecular flexibility index (Phi) is 5.82. The quantitative estimate of drug-likeness (QED) is 0.760. The molecular formula is C16H20N4O4S2. The maximum atomic E-state index is 12.4. The number of nitrogens with one attached hydrogen (secondary N) is 2. The maximum absolute atomic E-state index is 12.4. The van der Waals surface area contributed by atoms with Gasteiger partial charge in [0.15, 0.2) is 0 Å². The summed E-state index contributed by atoms with van der Waals surface area (Å²) in [6, 6.07) is 6.07. The van der Waals surface area contributed by atoms with Crippen molar-refractivity contribution in [3.63, 3.8) is 0 Å². The highest BCUT2D eigenvalue weighted by Gasteiger charge is 2.22. The minimum atomic E-state index is -3.72. The monoisotopic (exact) mass is 396 g/mol. The average Bonchev–Trinajstić information content (AvgIpc) is 3.24. The number of rotatable bonds is 6. The van der Waals surface area contributed by atoms with Gasteiger partial charge in [-0.05, 0) is 24.6 Å². The molecule has 3 rings (SSSR count). The lowest BCUT2D eigenvalue weighted by Crippen LogP contribution is -2.29. The van der Waals surface area contributed by atoms with Gasteiger partial charge < -0.3 is 10.2 Å². The van der Waals surface area contributed by atoms with Crippen molar-refractivity contribution in [1.29, 1.82) is 0 Å². The number of amidine groups is 1. The molecule has 0 atom stereocenters. The molecule has 10 heteroatoms. The number of carbonyl (C=O) groups is 2. The van der Waals surface area contributed by atoms with Crippen molar-refractivity contribution in [3.05, 3.63) is 24.3 Å². The van der Waals surface area contributed by atoms with Gasteiger partial charge in [-0.15, -0.1) is 0 Å². The fourth-order valence-corrected chi connectivity index (χ4v) is 4.65. The highest BCUT2D eigenvalue weighted by Crippen LogP contribution is 2.19. The molecule has 26 heavy (non-hydrogen) atoms. The van der Waals surface area contributed by atoms with E-state index in [0.29, 0.717) is 37.6 Å². The van der Waals surface area contributed by atoms with Crippen LogP contribution in [-0.2, 0) is 14.8 Å². The molecule has 1 aromatic rings. The van der Waals surface area contributed by atoms with Crippen LogP contribution in [0.5, 0.6) is 0 Å². The molecule has 2 aliphatic heterocycles. The summed E-state index contributed by atoms with van der Waals surface area (Å²) in [4.78, 5) is 29.4. The molecule has 2 aliphatic rings. The Morgan fingerprint density at radius 1 is 1.35 bits per heavy atom. The van der Waals surface area contributed by atoms with Crippen LogP contribution in [-0.4, -0.2) is 55.7 Å². The Bertz CT molecular complexity index is 838. The van der Waals surface area contributed by atoms with E-state index < -0.39 is 10.0 Å². The number of amides is 2. The second kappa shape index (κ2) is 8.09. The van der Waals surface area contributed by atoms with Crippen LogP contribution in [0.1, 0.15) is 19.3 Å². The fourth-order valence-electron chi connectivity index (χ4n) is 2.67. The van der Waals surface area contributed by atoms with E-state index in [9.17, 15) is 18.0 Å². The molecule has 0 radical (unpaired) electrons. The number of hydrogen-bond acceptors (Lipinski definition) is 6. The van der Waals surface area contributed by atoms with Gasteiger partial charge in [-0.1, -0.05) is 17.8 Å². The third-order valence-electron chi connectivity index (χ3n) is 4.01. The van der Waals surface area contributed by atoms with Crippen molar-refractivity contribution in [2.24, 2.45) is 4.99 Å². The number of anilines is 1. The largest absolute Gasteiger partial charge is 0.332 e.